The number of nitrogens with zero attached hydrogens (tertiary/aromatic N) is 2. The predicted molar refractivity (Wildman–Crippen MR) is 121 cm³/mol. The Kier molecular flexibility index (Phi) is 7.24. The lowest BCUT2D eigenvalue weighted by atomic mass is 10.0. The van der Waals surface area contributed by atoms with Gasteiger partial charge in [0.05, 0.1) is 6.04 Å². The molecule has 0 bridgehead atoms. The van der Waals surface area contributed by atoms with E-state index in [1.807, 2.05) is 11.3 Å². The normalized spacial score (nSPS) is 17.0. The van der Waals surface area contributed by atoms with Gasteiger partial charge in [-0.15, -0.1) is 11.3 Å². The average Bonchev–Trinajstić information content (AvgIpc) is 3.18. The summed E-state index contributed by atoms with van der Waals surface area (Å²) < 4.78 is 0. The molecule has 1 fully saturated rings. The number of rotatable bonds is 6. The van der Waals surface area contributed by atoms with Crippen molar-refractivity contribution in [3.05, 3.63) is 52.2 Å². The van der Waals surface area contributed by atoms with Gasteiger partial charge in [0.1, 0.15) is 0 Å². The second kappa shape index (κ2) is 9.64. The van der Waals surface area contributed by atoms with E-state index in [0.717, 1.165) is 38.4 Å². The van der Waals surface area contributed by atoms with Crippen LogP contribution in [-0.2, 0) is 0 Å². The second-order valence-electron chi connectivity index (χ2n) is 7.48. The summed E-state index contributed by atoms with van der Waals surface area (Å²) in [5.41, 5.74) is 2.37. The van der Waals surface area contributed by atoms with E-state index in [2.05, 4.69) is 83.1 Å². The summed E-state index contributed by atoms with van der Waals surface area (Å²) in [6.45, 7) is 9.66. The van der Waals surface area contributed by atoms with E-state index >= 15 is 0 Å². The highest BCUT2D eigenvalue weighted by molar-refractivity contribution is 7.80. The summed E-state index contributed by atoms with van der Waals surface area (Å²) in [4.78, 5) is 6.36. The van der Waals surface area contributed by atoms with E-state index in [1.165, 1.54) is 10.4 Å². The summed E-state index contributed by atoms with van der Waals surface area (Å²) in [7, 11) is 2.19. The Labute approximate surface area is 172 Å². The van der Waals surface area contributed by atoms with Gasteiger partial charge in [0.15, 0.2) is 5.11 Å². The molecule has 0 unspecified atom stereocenters. The molecule has 27 heavy (non-hydrogen) atoms. The average molecular weight is 403 g/mol. The van der Waals surface area contributed by atoms with Crippen LogP contribution in [0.4, 0.5) is 5.69 Å². The zero-order valence-electron chi connectivity index (χ0n) is 16.4. The highest BCUT2D eigenvalue weighted by Crippen LogP contribution is 2.25. The Hall–Kier alpha value is -1.47. The Morgan fingerprint density at radius 3 is 2.41 bits per heavy atom. The largest absolute Gasteiger partial charge is 0.360 e. The van der Waals surface area contributed by atoms with Crippen molar-refractivity contribution in [2.75, 3.05) is 45.1 Å². The minimum atomic E-state index is 0.363. The molecule has 2 N–H and O–H groups in total. The molecule has 0 saturated carbocycles. The number of likely N-dealkylation sites (N-methyl/N-ethyl adjacent to an activating group) is 1. The van der Waals surface area contributed by atoms with Crippen LogP contribution in [0.2, 0.25) is 0 Å². The third-order valence-electron chi connectivity index (χ3n) is 5.14. The Bertz CT molecular complexity index is 704. The monoisotopic (exact) mass is 402 g/mol. The van der Waals surface area contributed by atoms with Gasteiger partial charge in [-0.1, -0.05) is 32.0 Å². The van der Waals surface area contributed by atoms with Crippen LogP contribution in [0.5, 0.6) is 0 Å². The molecular formula is C21H30N4S2. The lowest BCUT2D eigenvalue weighted by molar-refractivity contribution is 0.114. The lowest BCUT2D eigenvalue weighted by Crippen LogP contribution is -2.48. The molecule has 2 heterocycles. The van der Waals surface area contributed by atoms with Crippen LogP contribution in [-0.4, -0.2) is 54.7 Å². The number of hydrogen-bond donors (Lipinski definition) is 2. The van der Waals surface area contributed by atoms with Gasteiger partial charge in [-0.3, -0.25) is 4.90 Å². The number of anilines is 1. The molecule has 0 radical (unpaired) electrons. The molecule has 1 aromatic carbocycles. The molecule has 0 amide bonds. The number of hydrogen-bond acceptors (Lipinski definition) is 4. The lowest BCUT2D eigenvalue weighted by Gasteiger charge is -2.37. The van der Waals surface area contributed by atoms with Crippen LogP contribution in [0, 0.1) is 0 Å². The van der Waals surface area contributed by atoms with E-state index < -0.39 is 0 Å². The highest BCUT2D eigenvalue weighted by atomic mass is 32.1. The Morgan fingerprint density at radius 2 is 1.81 bits per heavy atom. The molecular weight excluding hydrogens is 372 g/mol. The number of thiophene rings is 1. The molecule has 146 valence electrons. The third kappa shape index (κ3) is 5.75. The first kappa shape index (κ1) is 20.3. The number of nitrogens with one attached hydrogen (secondary N) is 2. The van der Waals surface area contributed by atoms with Gasteiger partial charge >= 0.3 is 0 Å². The minimum absolute atomic E-state index is 0.363. The van der Waals surface area contributed by atoms with Crippen molar-refractivity contribution in [1.82, 2.24) is 15.1 Å². The fraction of sp³-hybridized carbons (Fsp3) is 0.476. The van der Waals surface area contributed by atoms with E-state index in [4.69, 9.17) is 12.2 Å². The molecule has 1 aromatic heterocycles. The summed E-state index contributed by atoms with van der Waals surface area (Å²) in [5, 5.41) is 9.59. The molecule has 1 aliphatic rings. The van der Waals surface area contributed by atoms with Crippen molar-refractivity contribution in [1.29, 1.82) is 0 Å². The molecule has 1 aliphatic heterocycles. The van der Waals surface area contributed by atoms with Crippen molar-refractivity contribution in [2.24, 2.45) is 0 Å². The summed E-state index contributed by atoms with van der Waals surface area (Å²) in [5.74, 6) is 0.541. The van der Waals surface area contributed by atoms with Gasteiger partial charge in [-0.05, 0) is 54.3 Å². The van der Waals surface area contributed by atoms with Gasteiger partial charge in [0, 0.05) is 43.3 Å². The second-order valence-corrected chi connectivity index (χ2v) is 8.87. The zero-order valence-corrected chi connectivity index (χ0v) is 18.1. The molecule has 2 aromatic rings. The standard InChI is InChI=1S/C21H30N4S2/c1-16(2)17-6-8-18(9-7-17)23-21(26)22-15-19(20-5-4-14-27-20)25-12-10-24(3)11-13-25/h4-9,14,16,19H,10-13,15H2,1-3H3,(H2,22,23,26)/t19-/m0/s1. The quantitative estimate of drug-likeness (QED) is 0.709. The summed E-state index contributed by atoms with van der Waals surface area (Å²) >= 11 is 7.37. The first-order valence-electron chi connectivity index (χ1n) is 9.63. The minimum Gasteiger partial charge on any atom is -0.360 e. The fourth-order valence-electron chi connectivity index (χ4n) is 3.34. The van der Waals surface area contributed by atoms with Gasteiger partial charge in [-0.25, -0.2) is 0 Å². The zero-order chi connectivity index (χ0) is 19.2. The highest BCUT2D eigenvalue weighted by Gasteiger charge is 2.24. The third-order valence-corrected chi connectivity index (χ3v) is 6.36. The topological polar surface area (TPSA) is 30.5 Å². The van der Waals surface area contributed by atoms with E-state index in [0.29, 0.717) is 17.1 Å². The van der Waals surface area contributed by atoms with Crippen molar-refractivity contribution in [2.45, 2.75) is 25.8 Å². The number of benzene rings is 1. The molecule has 1 saturated heterocycles. The fourth-order valence-corrected chi connectivity index (χ4v) is 4.40. The van der Waals surface area contributed by atoms with Crippen LogP contribution < -0.4 is 10.6 Å². The van der Waals surface area contributed by atoms with E-state index in [-0.39, 0.29) is 0 Å². The Morgan fingerprint density at radius 1 is 1.11 bits per heavy atom. The maximum absolute atomic E-state index is 5.54. The van der Waals surface area contributed by atoms with Crippen molar-refractivity contribution >= 4 is 34.4 Å². The van der Waals surface area contributed by atoms with Crippen molar-refractivity contribution in [3.63, 3.8) is 0 Å². The van der Waals surface area contributed by atoms with E-state index in [1.54, 1.807) is 0 Å². The molecule has 0 spiro atoms. The molecule has 1 atom stereocenters. The van der Waals surface area contributed by atoms with Crippen LogP contribution >= 0.6 is 23.6 Å². The van der Waals surface area contributed by atoms with Crippen molar-refractivity contribution in [3.8, 4) is 0 Å². The Balaban J connectivity index is 1.57. The van der Waals surface area contributed by atoms with Gasteiger partial charge in [-0.2, -0.15) is 0 Å². The summed E-state index contributed by atoms with van der Waals surface area (Å²) in [6, 6.07) is 13.2. The van der Waals surface area contributed by atoms with Gasteiger partial charge in [0.25, 0.3) is 0 Å². The van der Waals surface area contributed by atoms with E-state index in [9.17, 15) is 0 Å². The SMILES string of the molecule is CC(C)c1ccc(NC(=S)NC[C@@H](c2cccs2)N2CCN(C)CC2)cc1. The van der Waals surface area contributed by atoms with Crippen LogP contribution in [0.3, 0.4) is 0 Å². The maximum Gasteiger partial charge on any atom is 0.170 e. The van der Waals surface area contributed by atoms with Gasteiger partial charge < -0.3 is 15.5 Å². The number of thiocarbonyl (C=S) groups is 1. The maximum atomic E-state index is 5.54. The molecule has 6 heteroatoms. The molecule has 4 nitrogen and oxygen atoms in total. The number of piperazine rings is 1. The summed E-state index contributed by atoms with van der Waals surface area (Å²) in [6.07, 6.45) is 0. The van der Waals surface area contributed by atoms with Crippen LogP contribution in [0.25, 0.3) is 0 Å². The molecule has 0 aliphatic carbocycles. The van der Waals surface area contributed by atoms with Gasteiger partial charge in [0.2, 0.25) is 0 Å². The first-order chi connectivity index (χ1) is 13.0. The smallest absolute Gasteiger partial charge is 0.170 e. The first-order valence-corrected chi connectivity index (χ1v) is 10.9. The van der Waals surface area contributed by atoms with Crippen molar-refractivity contribution < 1.29 is 0 Å². The predicted octanol–water partition coefficient (Wildman–Crippen LogP) is 4.15. The molecule has 3 rings (SSSR count). The van der Waals surface area contributed by atoms with Crippen LogP contribution in [0.15, 0.2) is 41.8 Å². The van der Waals surface area contributed by atoms with Crippen LogP contribution in [0.1, 0.15) is 36.2 Å².